The van der Waals surface area contributed by atoms with Crippen LogP contribution in [-0.4, -0.2) is 49.4 Å². The molecule has 0 spiro atoms. The Morgan fingerprint density at radius 3 is 2.44 bits per heavy atom. The van der Waals surface area contributed by atoms with Crippen molar-refractivity contribution < 1.29 is 22.4 Å². The van der Waals surface area contributed by atoms with E-state index in [1.54, 1.807) is 17.9 Å². The molecule has 1 aliphatic heterocycles. The minimum atomic E-state index is -4.53. The smallest absolute Gasteiger partial charge is 0.350 e. The van der Waals surface area contributed by atoms with Gasteiger partial charge < -0.3 is 10.2 Å². The Hall–Kier alpha value is -3.63. The normalized spacial score (nSPS) is 19.2. The van der Waals surface area contributed by atoms with E-state index < -0.39 is 17.6 Å². The number of halogens is 4. The number of likely N-dealkylation sites (tertiary alicyclic amines) is 1. The Balaban J connectivity index is 1.59. The molecule has 2 aromatic heterocycles. The molecular weight excluding hydrogens is 452 g/mol. The number of aromatic nitrogens is 4. The van der Waals surface area contributed by atoms with Crippen molar-refractivity contribution in [3.05, 3.63) is 66.0 Å². The van der Waals surface area contributed by atoms with Gasteiger partial charge in [-0.05, 0) is 37.5 Å². The summed E-state index contributed by atoms with van der Waals surface area (Å²) in [7, 11) is 0. The molecule has 1 amide bonds. The summed E-state index contributed by atoms with van der Waals surface area (Å²) in [6, 6.07) is 5.14. The Bertz CT molecular complexity index is 1160. The van der Waals surface area contributed by atoms with E-state index in [-0.39, 0.29) is 46.8 Å². The van der Waals surface area contributed by atoms with Crippen LogP contribution in [0.1, 0.15) is 36.2 Å². The first-order valence-electron chi connectivity index (χ1n) is 10.7. The van der Waals surface area contributed by atoms with Gasteiger partial charge in [0, 0.05) is 37.4 Å². The van der Waals surface area contributed by atoms with Gasteiger partial charge in [0.2, 0.25) is 5.95 Å². The van der Waals surface area contributed by atoms with Crippen molar-refractivity contribution in [3.63, 3.8) is 0 Å². The van der Waals surface area contributed by atoms with Crippen LogP contribution >= 0.6 is 0 Å². The van der Waals surface area contributed by atoms with Gasteiger partial charge in [-0.25, -0.2) is 24.3 Å². The predicted molar refractivity (Wildman–Crippen MR) is 116 cm³/mol. The van der Waals surface area contributed by atoms with Crippen molar-refractivity contribution in [3.8, 4) is 11.4 Å². The summed E-state index contributed by atoms with van der Waals surface area (Å²) in [6.45, 7) is 4.24. The fraction of sp³-hybridized carbons (Fsp3) is 0.348. The van der Waals surface area contributed by atoms with Crippen molar-refractivity contribution in [2.24, 2.45) is 5.92 Å². The lowest BCUT2D eigenvalue weighted by molar-refractivity contribution is -0.138. The first-order valence-corrected chi connectivity index (χ1v) is 10.7. The van der Waals surface area contributed by atoms with E-state index in [9.17, 15) is 22.4 Å². The molecule has 7 nitrogen and oxygen atoms in total. The van der Waals surface area contributed by atoms with E-state index in [1.165, 1.54) is 30.6 Å². The number of nitrogens with one attached hydrogen (secondary N) is 1. The highest BCUT2D eigenvalue weighted by Crippen LogP contribution is 2.32. The Labute approximate surface area is 193 Å². The number of amides is 1. The highest BCUT2D eigenvalue weighted by Gasteiger charge is 2.38. The predicted octanol–water partition coefficient (Wildman–Crippen LogP) is 4.44. The van der Waals surface area contributed by atoms with E-state index >= 15 is 0 Å². The molecule has 3 aromatic rings. The third-order valence-electron chi connectivity index (χ3n) is 5.76. The molecular formula is C23H22F4N6O. The van der Waals surface area contributed by atoms with Crippen molar-refractivity contribution in [2.75, 3.05) is 11.9 Å². The molecule has 1 aliphatic rings. The third kappa shape index (κ3) is 4.82. The summed E-state index contributed by atoms with van der Waals surface area (Å²) in [5.74, 6) is -0.686. The molecule has 1 saturated heterocycles. The number of alkyl halides is 3. The van der Waals surface area contributed by atoms with Gasteiger partial charge in [0.05, 0.1) is 22.7 Å². The standard InChI is InChI=1S/C23H22F4N6O/c1-13-9-18(14(2)32-22-30-10-15(11-31-22)23(25,26)27)33(12-13)21(34)16-5-3-6-17(24)19(16)20-28-7-4-8-29-20/h3-8,10-11,13-14,18H,9,12H2,1-2H3,(H,30,31,32). The molecule has 1 fully saturated rings. The van der Waals surface area contributed by atoms with E-state index in [2.05, 4.69) is 25.3 Å². The molecule has 178 valence electrons. The second-order valence-corrected chi connectivity index (χ2v) is 8.33. The number of rotatable bonds is 5. The molecule has 0 saturated carbocycles. The molecule has 11 heteroatoms. The molecule has 3 atom stereocenters. The Morgan fingerprint density at radius 1 is 1.12 bits per heavy atom. The first-order chi connectivity index (χ1) is 16.1. The first kappa shape index (κ1) is 23.5. The lowest BCUT2D eigenvalue weighted by Gasteiger charge is -2.30. The van der Waals surface area contributed by atoms with Gasteiger partial charge in [-0.15, -0.1) is 0 Å². The highest BCUT2D eigenvalue weighted by molar-refractivity contribution is 6.00. The second kappa shape index (κ2) is 9.32. The van der Waals surface area contributed by atoms with E-state index in [1.807, 2.05) is 6.92 Å². The average Bonchev–Trinajstić information content (AvgIpc) is 3.20. The van der Waals surface area contributed by atoms with Crippen LogP contribution in [0, 0.1) is 11.7 Å². The largest absolute Gasteiger partial charge is 0.419 e. The molecule has 0 aliphatic carbocycles. The lowest BCUT2D eigenvalue weighted by atomic mass is 10.0. The molecule has 3 unspecified atom stereocenters. The van der Waals surface area contributed by atoms with Gasteiger partial charge in [0.1, 0.15) is 5.82 Å². The van der Waals surface area contributed by atoms with Gasteiger partial charge in [-0.1, -0.05) is 13.0 Å². The second-order valence-electron chi connectivity index (χ2n) is 8.33. The summed E-state index contributed by atoms with van der Waals surface area (Å²) in [5.41, 5.74) is -0.778. The van der Waals surface area contributed by atoms with Gasteiger partial charge in [-0.3, -0.25) is 4.79 Å². The molecule has 0 radical (unpaired) electrons. The number of hydrogen-bond acceptors (Lipinski definition) is 6. The third-order valence-corrected chi connectivity index (χ3v) is 5.76. The number of benzene rings is 1. The molecule has 1 aromatic carbocycles. The van der Waals surface area contributed by atoms with Crippen LogP contribution in [0.2, 0.25) is 0 Å². The summed E-state index contributed by atoms with van der Waals surface area (Å²) in [4.78, 5) is 30.9. The van der Waals surface area contributed by atoms with Gasteiger partial charge in [-0.2, -0.15) is 13.2 Å². The fourth-order valence-corrected chi connectivity index (χ4v) is 4.15. The summed E-state index contributed by atoms with van der Waals surface area (Å²) in [6.07, 6.45) is 0.480. The lowest BCUT2D eigenvalue weighted by Crippen LogP contribution is -2.45. The quantitative estimate of drug-likeness (QED) is 0.551. The summed E-state index contributed by atoms with van der Waals surface area (Å²) in [5, 5.41) is 2.99. The molecule has 4 rings (SSSR count). The van der Waals surface area contributed by atoms with Gasteiger partial charge >= 0.3 is 6.18 Å². The zero-order valence-electron chi connectivity index (χ0n) is 18.4. The molecule has 0 bridgehead atoms. The topological polar surface area (TPSA) is 83.9 Å². The Morgan fingerprint density at radius 2 is 1.79 bits per heavy atom. The SMILES string of the molecule is CC1CC(C(C)Nc2ncc(C(F)(F)F)cn2)N(C(=O)c2cccc(F)c2-c2ncccn2)C1. The molecule has 3 heterocycles. The maximum atomic E-state index is 14.8. The van der Waals surface area contributed by atoms with Crippen LogP contribution in [0.5, 0.6) is 0 Å². The van der Waals surface area contributed by atoms with Crippen LogP contribution in [-0.2, 0) is 6.18 Å². The average molecular weight is 474 g/mol. The van der Waals surface area contributed by atoms with Crippen LogP contribution in [0.3, 0.4) is 0 Å². The van der Waals surface area contributed by atoms with Crippen molar-refractivity contribution in [2.45, 2.75) is 38.5 Å². The van der Waals surface area contributed by atoms with Crippen molar-refractivity contribution in [1.82, 2.24) is 24.8 Å². The number of anilines is 1. The van der Waals surface area contributed by atoms with Gasteiger partial charge in [0.15, 0.2) is 5.82 Å². The zero-order valence-corrected chi connectivity index (χ0v) is 18.4. The number of hydrogen-bond donors (Lipinski definition) is 1. The van der Waals surface area contributed by atoms with Crippen LogP contribution in [0.25, 0.3) is 11.4 Å². The minimum Gasteiger partial charge on any atom is -0.350 e. The maximum absolute atomic E-state index is 14.8. The zero-order chi connectivity index (χ0) is 24.5. The fourth-order valence-electron chi connectivity index (χ4n) is 4.15. The van der Waals surface area contributed by atoms with Crippen molar-refractivity contribution >= 4 is 11.9 Å². The number of carbonyl (C=O) groups excluding carboxylic acids is 1. The van der Waals surface area contributed by atoms with Gasteiger partial charge in [0.25, 0.3) is 5.91 Å². The van der Waals surface area contributed by atoms with Crippen LogP contribution in [0.4, 0.5) is 23.5 Å². The van der Waals surface area contributed by atoms with E-state index in [0.29, 0.717) is 25.4 Å². The minimum absolute atomic E-state index is 0.0246. The number of nitrogens with zero attached hydrogens (tertiary/aromatic N) is 5. The summed E-state index contributed by atoms with van der Waals surface area (Å²) < 4.78 is 53.1. The maximum Gasteiger partial charge on any atom is 0.419 e. The van der Waals surface area contributed by atoms with Crippen LogP contribution < -0.4 is 5.32 Å². The molecule has 34 heavy (non-hydrogen) atoms. The van der Waals surface area contributed by atoms with Crippen LogP contribution in [0.15, 0.2) is 49.1 Å². The molecule has 1 N–H and O–H groups in total. The monoisotopic (exact) mass is 474 g/mol. The number of carbonyl (C=O) groups is 1. The Kier molecular flexibility index (Phi) is 6.45. The van der Waals surface area contributed by atoms with E-state index in [4.69, 9.17) is 0 Å². The van der Waals surface area contributed by atoms with Crippen molar-refractivity contribution in [1.29, 1.82) is 0 Å². The summed E-state index contributed by atoms with van der Waals surface area (Å²) >= 11 is 0. The highest BCUT2D eigenvalue weighted by atomic mass is 19.4. The van der Waals surface area contributed by atoms with E-state index in [0.717, 1.165) is 0 Å².